The highest BCUT2D eigenvalue weighted by atomic mass is 32.2. The van der Waals surface area contributed by atoms with E-state index in [1.165, 1.54) is 4.90 Å². The molecule has 2 N–H and O–H groups in total. The van der Waals surface area contributed by atoms with Crippen LogP contribution in [0.4, 0.5) is 4.79 Å². The summed E-state index contributed by atoms with van der Waals surface area (Å²) in [4.78, 5) is 32.2. The minimum Gasteiger partial charge on any atom is -0.311 e. The highest BCUT2D eigenvalue weighted by molar-refractivity contribution is 7.99. The average molecular weight is 378 g/mol. The number of aromatic nitrogens is 1. The van der Waals surface area contributed by atoms with E-state index in [0.717, 1.165) is 17.7 Å². The second-order valence-corrected chi connectivity index (χ2v) is 8.50. The van der Waals surface area contributed by atoms with E-state index >= 15 is 0 Å². The number of urea groups is 1. The van der Waals surface area contributed by atoms with Crippen LogP contribution in [0.1, 0.15) is 25.8 Å². The zero-order valence-electron chi connectivity index (χ0n) is 15.7. The van der Waals surface area contributed by atoms with Gasteiger partial charge in [0.1, 0.15) is 0 Å². The molecule has 4 unspecified atom stereocenters. The third kappa shape index (κ3) is 3.87. The molecule has 1 aromatic rings. The van der Waals surface area contributed by atoms with Crippen molar-refractivity contribution >= 4 is 23.7 Å². The molecule has 0 saturated carbocycles. The number of nitrogens with one attached hydrogen (secondary N) is 2. The molecule has 0 spiro atoms. The van der Waals surface area contributed by atoms with Gasteiger partial charge in [-0.3, -0.25) is 25.3 Å². The molecule has 142 valence electrons. The molecule has 2 saturated heterocycles. The van der Waals surface area contributed by atoms with Gasteiger partial charge in [0, 0.05) is 32.2 Å². The lowest BCUT2D eigenvalue weighted by Gasteiger charge is -2.50. The van der Waals surface area contributed by atoms with E-state index in [-0.39, 0.29) is 35.6 Å². The first-order valence-electron chi connectivity index (χ1n) is 8.95. The van der Waals surface area contributed by atoms with Crippen LogP contribution in [0.25, 0.3) is 0 Å². The summed E-state index contributed by atoms with van der Waals surface area (Å²) in [5, 5.41) is 6.98. The highest BCUT2D eigenvalue weighted by Crippen LogP contribution is 2.33. The maximum atomic E-state index is 12.8. The summed E-state index contributed by atoms with van der Waals surface area (Å²) in [7, 11) is 3.32. The normalized spacial score (nSPS) is 29.3. The van der Waals surface area contributed by atoms with Crippen molar-refractivity contribution in [1.82, 2.24) is 25.4 Å². The Morgan fingerprint density at radius 1 is 1.27 bits per heavy atom. The van der Waals surface area contributed by atoms with Gasteiger partial charge in [-0.15, -0.1) is 11.8 Å². The first kappa shape index (κ1) is 19.1. The van der Waals surface area contributed by atoms with Gasteiger partial charge >= 0.3 is 6.03 Å². The van der Waals surface area contributed by atoms with Crippen molar-refractivity contribution in [3.8, 4) is 0 Å². The maximum Gasteiger partial charge on any atom is 0.327 e. The molecule has 0 radical (unpaired) electrons. The minimum absolute atomic E-state index is 0.0640. The lowest BCUT2D eigenvalue weighted by molar-refractivity contribution is -0.140. The number of imide groups is 1. The van der Waals surface area contributed by atoms with E-state index in [0.29, 0.717) is 5.92 Å². The average Bonchev–Trinajstić information content (AvgIpc) is 2.63. The van der Waals surface area contributed by atoms with Gasteiger partial charge in [0.2, 0.25) is 5.91 Å². The number of hydrogen-bond acceptors (Lipinski definition) is 6. The van der Waals surface area contributed by atoms with Crippen molar-refractivity contribution in [2.45, 2.75) is 43.7 Å². The smallest absolute Gasteiger partial charge is 0.311 e. The molecule has 3 heterocycles. The van der Waals surface area contributed by atoms with Crippen LogP contribution in [0.2, 0.25) is 0 Å². The third-order valence-electron chi connectivity index (χ3n) is 4.88. The molecule has 8 heteroatoms. The number of thioether (sulfide) groups is 1. The molecule has 26 heavy (non-hydrogen) atoms. The van der Waals surface area contributed by atoms with Crippen molar-refractivity contribution in [3.05, 3.63) is 30.1 Å². The van der Waals surface area contributed by atoms with Gasteiger partial charge in [-0.05, 0) is 24.0 Å². The van der Waals surface area contributed by atoms with Crippen molar-refractivity contribution in [3.63, 3.8) is 0 Å². The molecular weight excluding hydrogens is 350 g/mol. The fourth-order valence-corrected chi connectivity index (χ4v) is 4.82. The van der Waals surface area contributed by atoms with E-state index < -0.39 is 0 Å². The van der Waals surface area contributed by atoms with Crippen LogP contribution in [0, 0.1) is 11.8 Å². The fraction of sp³-hybridized carbons (Fsp3) is 0.611. The molecule has 3 rings (SSSR count). The Labute approximate surface area is 158 Å². The number of pyridine rings is 1. The largest absolute Gasteiger partial charge is 0.327 e. The first-order valence-corrected chi connectivity index (χ1v) is 10.0. The van der Waals surface area contributed by atoms with Gasteiger partial charge in [-0.1, -0.05) is 19.9 Å². The lowest BCUT2D eigenvalue weighted by atomic mass is 9.95. The Bertz CT molecular complexity index is 656. The van der Waals surface area contributed by atoms with E-state index in [4.69, 9.17) is 0 Å². The maximum absolute atomic E-state index is 12.8. The van der Waals surface area contributed by atoms with Gasteiger partial charge in [-0.2, -0.15) is 0 Å². The SMILES string of the molecule is CC(C)CC1NC(SCc2cccnc2)C2C(=O)N(C)C(=O)N(C)C2N1. The number of carbonyl (C=O) groups excluding carboxylic acids is 2. The van der Waals surface area contributed by atoms with E-state index in [1.807, 2.05) is 18.3 Å². The standard InChI is InChI=1S/C18H27N5O2S/c1-11(2)8-13-20-15-14(17(24)23(4)18(25)22(15)3)16(21-13)26-10-12-6-5-7-19-9-12/h5-7,9,11,13-16,20-21H,8,10H2,1-4H3. The van der Waals surface area contributed by atoms with Gasteiger partial charge in [-0.25, -0.2) is 4.79 Å². The number of carbonyl (C=O) groups is 2. The van der Waals surface area contributed by atoms with E-state index in [2.05, 4.69) is 29.5 Å². The zero-order chi connectivity index (χ0) is 18.8. The van der Waals surface area contributed by atoms with E-state index in [1.54, 1.807) is 37.0 Å². The summed E-state index contributed by atoms with van der Waals surface area (Å²) >= 11 is 1.70. The van der Waals surface area contributed by atoms with Gasteiger partial charge in [0.15, 0.2) is 0 Å². The molecule has 3 amide bonds. The van der Waals surface area contributed by atoms with Crippen molar-refractivity contribution < 1.29 is 9.59 Å². The van der Waals surface area contributed by atoms with Crippen molar-refractivity contribution in [2.75, 3.05) is 14.1 Å². The summed E-state index contributed by atoms with van der Waals surface area (Å²) < 4.78 is 0. The highest BCUT2D eigenvalue weighted by Gasteiger charge is 2.50. The number of hydrogen-bond donors (Lipinski definition) is 2. The van der Waals surface area contributed by atoms with Crippen LogP contribution in [0.3, 0.4) is 0 Å². The van der Waals surface area contributed by atoms with Crippen LogP contribution in [-0.2, 0) is 10.5 Å². The summed E-state index contributed by atoms with van der Waals surface area (Å²) in [6.45, 7) is 4.34. The quantitative estimate of drug-likeness (QED) is 0.813. The van der Waals surface area contributed by atoms with Crippen LogP contribution in [0.15, 0.2) is 24.5 Å². The second-order valence-electron chi connectivity index (χ2n) is 7.37. The molecule has 1 aromatic heterocycles. The zero-order valence-corrected chi connectivity index (χ0v) is 16.5. The summed E-state index contributed by atoms with van der Waals surface area (Å²) in [6, 6.07) is 3.70. The molecule has 2 fully saturated rings. The number of nitrogens with zero attached hydrogens (tertiary/aromatic N) is 3. The fourth-order valence-electron chi connectivity index (χ4n) is 3.54. The summed E-state index contributed by atoms with van der Waals surface area (Å²) in [6.07, 6.45) is 4.31. The molecular formula is C18H27N5O2S. The van der Waals surface area contributed by atoms with Gasteiger partial charge in [0.05, 0.1) is 23.6 Å². The van der Waals surface area contributed by atoms with Crippen molar-refractivity contribution in [2.24, 2.45) is 11.8 Å². The summed E-state index contributed by atoms with van der Waals surface area (Å²) in [5.41, 5.74) is 1.12. The Kier molecular flexibility index (Phi) is 5.84. The monoisotopic (exact) mass is 377 g/mol. The topological polar surface area (TPSA) is 77.6 Å². The Hall–Kier alpha value is -1.64. The van der Waals surface area contributed by atoms with Crippen molar-refractivity contribution in [1.29, 1.82) is 0 Å². The molecule has 2 aliphatic rings. The molecule has 2 aliphatic heterocycles. The van der Waals surface area contributed by atoms with E-state index in [9.17, 15) is 9.59 Å². The first-order chi connectivity index (χ1) is 12.4. The number of amides is 3. The molecule has 4 atom stereocenters. The second kappa shape index (κ2) is 7.94. The molecule has 7 nitrogen and oxygen atoms in total. The number of rotatable bonds is 5. The molecule has 0 bridgehead atoms. The predicted octanol–water partition coefficient (Wildman–Crippen LogP) is 1.67. The van der Waals surface area contributed by atoms with Crippen LogP contribution in [0.5, 0.6) is 0 Å². The van der Waals surface area contributed by atoms with Crippen LogP contribution in [-0.4, -0.2) is 58.5 Å². The third-order valence-corrected chi connectivity index (χ3v) is 6.17. The molecule has 0 aromatic carbocycles. The Balaban J connectivity index is 1.81. The predicted molar refractivity (Wildman–Crippen MR) is 102 cm³/mol. The van der Waals surface area contributed by atoms with Crippen LogP contribution < -0.4 is 10.6 Å². The van der Waals surface area contributed by atoms with Crippen LogP contribution >= 0.6 is 11.8 Å². The van der Waals surface area contributed by atoms with Gasteiger partial charge in [0.25, 0.3) is 0 Å². The number of fused-ring (bicyclic) bond motifs is 1. The van der Waals surface area contributed by atoms with Gasteiger partial charge < -0.3 is 4.90 Å². The Morgan fingerprint density at radius 3 is 2.69 bits per heavy atom. The Morgan fingerprint density at radius 2 is 2.04 bits per heavy atom. The summed E-state index contributed by atoms with van der Waals surface area (Å²) in [5.74, 6) is 0.804. The lowest BCUT2D eigenvalue weighted by Crippen LogP contribution is -2.74. The molecule has 0 aliphatic carbocycles. The minimum atomic E-state index is -0.326.